The van der Waals surface area contributed by atoms with Gasteiger partial charge in [0.1, 0.15) is 5.01 Å². The molecule has 0 aromatic carbocycles. The number of amides is 1. The van der Waals surface area contributed by atoms with Crippen molar-refractivity contribution in [3.63, 3.8) is 0 Å². The Balaban J connectivity index is 1.24. The summed E-state index contributed by atoms with van der Waals surface area (Å²) in [5.74, 6) is 2.40. The van der Waals surface area contributed by atoms with Gasteiger partial charge in [-0.05, 0) is 50.0 Å². The summed E-state index contributed by atoms with van der Waals surface area (Å²) in [5, 5.41) is 25.2. The average Bonchev–Trinajstić information content (AvgIpc) is 3.57. The Hall–Kier alpha value is -1.78. The van der Waals surface area contributed by atoms with Gasteiger partial charge in [-0.15, -0.1) is 31.7 Å². The zero-order valence-corrected chi connectivity index (χ0v) is 22.3. The van der Waals surface area contributed by atoms with Crippen LogP contribution >= 0.6 is 34.4 Å². The Bertz CT molecular complexity index is 1130. The largest absolute Gasteiger partial charge is 0.302 e. The van der Waals surface area contributed by atoms with Crippen molar-refractivity contribution in [1.29, 1.82) is 0 Å². The fourth-order valence-corrected chi connectivity index (χ4v) is 7.91. The van der Waals surface area contributed by atoms with Crippen molar-refractivity contribution in [2.45, 2.75) is 89.3 Å². The third kappa shape index (κ3) is 5.23. The highest BCUT2D eigenvalue weighted by atomic mass is 32.2. The number of rotatable bonds is 8. The normalized spacial score (nSPS) is 18.7. The minimum atomic E-state index is -0.0779. The molecular formula is C24H32N6OS3. The van der Waals surface area contributed by atoms with Crippen molar-refractivity contribution in [2.24, 2.45) is 5.92 Å². The van der Waals surface area contributed by atoms with Crippen LogP contribution in [-0.2, 0) is 24.2 Å². The van der Waals surface area contributed by atoms with Gasteiger partial charge in [-0.1, -0.05) is 56.2 Å². The lowest BCUT2D eigenvalue weighted by molar-refractivity contribution is -0.113. The molecule has 0 radical (unpaired) electrons. The van der Waals surface area contributed by atoms with Crippen LogP contribution in [0.2, 0.25) is 0 Å². The number of carbonyl (C=O) groups excluding carboxylic acids is 1. The van der Waals surface area contributed by atoms with Gasteiger partial charge in [0.2, 0.25) is 11.0 Å². The first-order chi connectivity index (χ1) is 16.6. The average molecular weight is 517 g/mol. The van der Waals surface area contributed by atoms with Crippen LogP contribution in [0.5, 0.6) is 0 Å². The van der Waals surface area contributed by atoms with Gasteiger partial charge in [0.05, 0.1) is 5.75 Å². The Morgan fingerprint density at radius 3 is 2.85 bits per heavy atom. The molecule has 3 heterocycles. The predicted molar refractivity (Wildman–Crippen MR) is 140 cm³/mol. The standard InChI is InChI=1S/C24H32N6OS3/c1-3-11-30-21(18-13-32-19-12-15(2)9-10-17(18)19)26-29-24(30)33-14-20(31)25-23-28-27-22(34-23)16-7-5-4-6-8-16/h13,15-16H,3-12,14H2,1-2H3,(H,25,28,31). The van der Waals surface area contributed by atoms with E-state index in [0.717, 1.165) is 47.7 Å². The molecule has 0 aliphatic heterocycles. The van der Waals surface area contributed by atoms with Crippen molar-refractivity contribution in [2.75, 3.05) is 11.1 Å². The molecular weight excluding hydrogens is 485 g/mol. The highest BCUT2D eigenvalue weighted by Crippen LogP contribution is 2.39. The molecule has 3 aromatic rings. The third-order valence-electron chi connectivity index (χ3n) is 6.78. The summed E-state index contributed by atoms with van der Waals surface area (Å²) >= 11 is 4.82. The second-order valence-electron chi connectivity index (χ2n) is 9.47. The van der Waals surface area contributed by atoms with Crippen LogP contribution in [0, 0.1) is 5.92 Å². The lowest BCUT2D eigenvalue weighted by Crippen LogP contribution is -2.14. The van der Waals surface area contributed by atoms with Crippen molar-refractivity contribution < 1.29 is 4.79 Å². The van der Waals surface area contributed by atoms with Crippen LogP contribution in [0.3, 0.4) is 0 Å². The van der Waals surface area contributed by atoms with Gasteiger partial charge in [0.15, 0.2) is 11.0 Å². The molecule has 1 atom stereocenters. The SMILES string of the molecule is CCCn1c(SCC(=O)Nc2nnc(C3CCCCC3)s2)nnc1-c1csc2c1CCC(C)C2. The van der Waals surface area contributed by atoms with E-state index in [1.165, 1.54) is 77.6 Å². The Morgan fingerprint density at radius 2 is 2.03 bits per heavy atom. The number of nitrogens with one attached hydrogen (secondary N) is 1. The quantitative estimate of drug-likeness (QED) is 0.360. The Kier molecular flexibility index (Phi) is 7.65. The fraction of sp³-hybridized carbons (Fsp3) is 0.625. The van der Waals surface area contributed by atoms with E-state index in [1.807, 2.05) is 11.3 Å². The molecule has 7 nitrogen and oxygen atoms in total. The van der Waals surface area contributed by atoms with Crippen LogP contribution in [0.1, 0.15) is 80.2 Å². The van der Waals surface area contributed by atoms with Crippen LogP contribution in [0.25, 0.3) is 11.4 Å². The molecule has 1 N–H and O–H groups in total. The maximum absolute atomic E-state index is 12.6. The van der Waals surface area contributed by atoms with E-state index in [0.29, 0.717) is 11.0 Å². The van der Waals surface area contributed by atoms with E-state index in [9.17, 15) is 4.79 Å². The maximum atomic E-state index is 12.6. The highest BCUT2D eigenvalue weighted by Gasteiger charge is 2.25. The van der Waals surface area contributed by atoms with Crippen molar-refractivity contribution in [3.8, 4) is 11.4 Å². The monoisotopic (exact) mass is 516 g/mol. The second-order valence-corrected chi connectivity index (χ2v) is 12.4. The van der Waals surface area contributed by atoms with Crippen molar-refractivity contribution in [1.82, 2.24) is 25.0 Å². The molecule has 5 rings (SSSR count). The molecule has 2 aliphatic carbocycles. The summed E-state index contributed by atoms with van der Waals surface area (Å²) in [6.45, 7) is 5.34. The fourth-order valence-electron chi connectivity index (χ4n) is 4.97. The van der Waals surface area contributed by atoms with Gasteiger partial charge in [-0.2, -0.15) is 0 Å². The van der Waals surface area contributed by atoms with Crippen LogP contribution in [-0.4, -0.2) is 36.6 Å². The molecule has 182 valence electrons. The van der Waals surface area contributed by atoms with E-state index in [2.05, 4.69) is 49.5 Å². The Morgan fingerprint density at radius 1 is 1.18 bits per heavy atom. The third-order valence-corrected chi connectivity index (χ3v) is 9.80. The summed E-state index contributed by atoms with van der Waals surface area (Å²) in [7, 11) is 0. The lowest BCUT2D eigenvalue weighted by Gasteiger charge is -2.19. The minimum absolute atomic E-state index is 0.0779. The highest BCUT2D eigenvalue weighted by molar-refractivity contribution is 7.99. The Labute approximate surface area is 213 Å². The molecule has 0 saturated heterocycles. The number of hydrogen-bond acceptors (Lipinski definition) is 8. The zero-order chi connectivity index (χ0) is 23.5. The summed E-state index contributed by atoms with van der Waals surface area (Å²) < 4.78 is 2.18. The van der Waals surface area contributed by atoms with Crippen LogP contribution in [0.15, 0.2) is 10.5 Å². The number of anilines is 1. The predicted octanol–water partition coefficient (Wildman–Crippen LogP) is 6.17. The molecule has 0 spiro atoms. The smallest absolute Gasteiger partial charge is 0.236 e. The number of nitrogens with zero attached hydrogens (tertiary/aromatic N) is 5. The summed E-state index contributed by atoms with van der Waals surface area (Å²) in [4.78, 5) is 14.1. The molecule has 0 bridgehead atoms. The first kappa shape index (κ1) is 23.9. The van der Waals surface area contributed by atoms with E-state index >= 15 is 0 Å². The van der Waals surface area contributed by atoms with Gasteiger partial charge in [0, 0.05) is 28.3 Å². The zero-order valence-electron chi connectivity index (χ0n) is 19.9. The van der Waals surface area contributed by atoms with Crippen LogP contribution < -0.4 is 5.32 Å². The van der Waals surface area contributed by atoms with Crippen molar-refractivity contribution >= 4 is 45.5 Å². The molecule has 1 amide bonds. The number of aromatic nitrogens is 5. The van der Waals surface area contributed by atoms with Crippen LogP contribution in [0.4, 0.5) is 5.13 Å². The molecule has 1 saturated carbocycles. The summed E-state index contributed by atoms with van der Waals surface area (Å²) in [5.41, 5.74) is 2.68. The number of carbonyl (C=O) groups is 1. The van der Waals surface area contributed by atoms with Gasteiger partial charge in [-0.3, -0.25) is 10.1 Å². The van der Waals surface area contributed by atoms with E-state index < -0.39 is 0 Å². The molecule has 34 heavy (non-hydrogen) atoms. The molecule has 3 aromatic heterocycles. The first-order valence-electron chi connectivity index (χ1n) is 12.4. The van der Waals surface area contributed by atoms with Gasteiger partial charge >= 0.3 is 0 Å². The lowest BCUT2D eigenvalue weighted by atomic mass is 9.88. The summed E-state index contributed by atoms with van der Waals surface area (Å²) in [6, 6.07) is 0. The second kappa shape index (κ2) is 10.9. The van der Waals surface area contributed by atoms with Gasteiger partial charge in [-0.25, -0.2) is 0 Å². The number of thioether (sulfide) groups is 1. The van der Waals surface area contributed by atoms with E-state index in [1.54, 1.807) is 0 Å². The van der Waals surface area contributed by atoms with Gasteiger partial charge in [0.25, 0.3) is 0 Å². The van der Waals surface area contributed by atoms with E-state index in [-0.39, 0.29) is 11.7 Å². The molecule has 1 unspecified atom stereocenters. The number of hydrogen-bond donors (Lipinski definition) is 1. The molecule has 1 fully saturated rings. The summed E-state index contributed by atoms with van der Waals surface area (Å²) in [6.07, 6.45) is 10.7. The molecule has 10 heteroatoms. The van der Waals surface area contributed by atoms with E-state index in [4.69, 9.17) is 0 Å². The topological polar surface area (TPSA) is 85.6 Å². The first-order valence-corrected chi connectivity index (χ1v) is 15.1. The van der Waals surface area contributed by atoms with Crippen molar-refractivity contribution in [3.05, 3.63) is 20.8 Å². The maximum Gasteiger partial charge on any atom is 0.236 e. The van der Waals surface area contributed by atoms with Gasteiger partial charge < -0.3 is 4.57 Å². The number of fused-ring (bicyclic) bond motifs is 1. The minimum Gasteiger partial charge on any atom is -0.302 e. The number of thiophene rings is 1. The molecule has 2 aliphatic rings.